The molecule has 0 spiro atoms. The molecule has 1 heterocycles. The fourth-order valence-electron chi connectivity index (χ4n) is 0.676. The fraction of sp³-hybridized carbons (Fsp3) is 0.333. The summed E-state index contributed by atoms with van der Waals surface area (Å²) in [5.41, 5.74) is 11.5. The molecule has 6 heteroatoms. The van der Waals surface area contributed by atoms with Gasteiger partial charge in [-0.15, -0.1) is 5.10 Å². The summed E-state index contributed by atoms with van der Waals surface area (Å²) >= 11 is 0. The number of nitrogens with one attached hydrogen (secondary N) is 1. The SMILES string of the molecule is COC1=NNC(N)(C(N)=O)C=C1. The molecule has 0 radical (unpaired) electrons. The molecule has 0 aromatic carbocycles. The van der Waals surface area contributed by atoms with Crippen LogP contribution in [0.3, 0.4) is 0 Å². The van der Waals surface area contributed by atoms with Gasteiger partial charge in [-0.1, -0.05) is 0 Å². The predicted molar refractivity (Wildman–Crippen MR) is 42.8 cm³/mol. The van der Waals surface area contributed by atoms with Crippen LogP contribution in [0.5, 0.6) is 0 Å². The Morgan fingerprint density at radius 3 is 2.83 bits per heavy atom. The van der Waals surface area contributed by atoms with E-state index >= 15 is 0 Å². The molecule has 1 unspecified atom stereocenters. The molecule has 66 valence electrons. The van der Waals surface area contributed by atoms with E-state index in [1.807, 2.05) is 0 Å². The lowest BCUT2D eigenvalue weighted by atomic mass is 10.1. The monoisotopic (exact) mass is 170 g/mol. The summed E-state index contributed by atoms with van der Waals surface area (Å²) in [5, 5.41) is 3.65. The quantitative estimate of drug-likeness (QED) is 0.434. The second-order valence-corrected chi connectivity index (χ2v) is 2.33. The van der Waals surface area contributed by atoms with Gasteiger partial charge in [0.15, 0.2) is 0 Å². The minimum atomic E-state index is -1.40. The summed E-state index contributed by atoms with van der Waals surface area (Å²) in [4.78, 5) is 10.7. The maximum atomic E-state index is 10.7. The van der Waals surface area contributed by atoms with E-state index < -0.39 is 11.6 Å². The first kappa shape index (κ1) is 8.54. The third kappa shape index (κ3) is 1.37. The zero-order valence-corrected chi connectivity index (χ0v) is 6.57. The van der Waals surface area contributed by atoms with Gasteiger partial charge in [-0.3, -0.25) is 16.0 Å². The summed E-state index contributed by atoms with van der Waals surface area (Å²) < 4.78 is 4.76. The first-order chi connectivity index (χ1) is 5.58. The van der Waals surface area contributed by atoms with E-state index in [-0.39, 0.29) is 0 Å². The normalized spacial score (nSPS) is 27.3. The lowest BCUT2D eigenvalue weighted by Gasteiger charge is -2.24. The number of carbonyl (C=O) groups is 1. The highest BCUT2D eigenvalue weighted by molar-refractivity contribution is 5.93. The van der Waals surface area contributed by atoms with Gasteiger partial charge in [0.25, 0.3) is 5.91 Å². The molecule has 12 heavy (non-hydrogen) atoms. The second kappa shape index (κ2) is 2.82. The number of ether oxygens (including phenoxy) is 1. The highest BCUT2D eigenvalue weighted by Gasteiger charge is 2.30. The van der Waals surface area contributed by atoms with Crippen LogP contribution in [0, 0.1) is 0 Å². The van der Waals surface area contributed by atoms with Gasteiger partial charge in [0, 0.05) is 6.08 Å². The summed E-state index contributed by atoms with van der Waals surface area (Å²) in [6.07, 6.45) is 2.86. The maximum Gasteiger partial charge on any atom is 0.263 e. The van der Waals surface area contributed by atoms with Crippen molar-refractivity contribution in [3.63, 3.8) is 0 Å². The number of rotatable bonds is 1. The summed E-state index contributed by atoms with van der Waals surface area (Å²) in [5.74, 6) is -0.352. The molecule has 1 atom stereocenters. The van der Waals surface area contributed by atoms with E-state index in [9.17, 15) is 4.79 Å². The molecule has 5 N–H and O–H groups in total. The number of nitrogens with zero attached hydrogens (tertiary/aromatic N) is 1. The van der Waals surface area contributed by atoms with Gasteiger partial charge in [0.2, 0.25) is 11.6 Å². The Morgan fingerprint density at radius 2 is 2.50 bits per heavy atom. The van der Waals surface area contributed by atoms with Crippen LogP contribution in [0.25, 0.3) is 0 Å². The highest BCUT2D eigenvalue weighted by atomic mass is 16.5. The van der Waals surface area contributed by atoms with Crippen LogP contribution in [-0.4, -0.2) is 24.6 Å². The number of hydrogen-bond donors (Lipinski definition) is 3. The molecular weight excluding hydrogens is 160 g/mol. The highest BCUT2D eigenvalue weighted by Crippen LogP contribution is 2.03. The lowest BCUT2D eigenvalue weighted by molar-refractivity contribution is -0.122. The molecule has 0 aromatic rings. The van der Waals surface area contributed by atoms with Crippen LogP contribution in [0.4, 0.5) is 0 Å². The number of amides is 1. The third-order valence-electron chi connectivity index (χ3n) is 1.46. The topological polar surface area (TPSA) is 103 Å². The number of primary amides is 1. The first-order valence-corrected chi connectivity index (χ1v) is 3.25. The molecule has 6 nitrogen and oxygen atoms in total. The minimum Gasteiger partial charge on any atom is -0.480 e. The number of nitrogens with two attached hydrogens (primary N) is 2. The molecule has 0 aliphatic carbocycles. The molecule has 0 fully saturated rings. The Bertz CT molecular complexity index is 260. The standard InChI is InChI=1S/C6H10N4O2/c1-12-4-2-3-6(8,5(7)11)10-9-4/h2-3,10H,8H2,1H3,(H2,7,11). The van der Waals surface area contributed by atoms with Crippen molar-refractivity contribution in [1.29, 1.82) is 0 Å². The van der Waals surface area contributed by atoms with Gasteiger partial charge in [0.1, 0.15) is 0 Å². The first-order valence-electron chi connectivity index (χ1n) is 3.25. The van der Waals surface area contributed by atoms with Crippen molar-refractivity contribution >= 4 is 11.8 Å². The van der Waals surface area contributed by atoms with Gasteiger partial charge in [0.05, 0.1) is 7.11 Å². The number of methoxy groups -OCH3 is 1. The Balaban J connectivity index is 2.76. The van der Waals surface area contributed by atoms with Crippen molar-refractivity contribution in [2.45, 2.75) is 5.66 Å². The zero-order chi connectivity index (χ0) is 9.19. The van der Waals surface area contributed by atoms with Gasteiger partial charge < -0.3 is 10.5 Å². The zero-order valence-electron chi connectivity index (χ0n) is 6.57. The lowest BCUT2D eigenvalue weighted by Crippen LogP contribution is -2.60. The number of hydrazone groups is 1. The van der Waals surface area contributed by atoms with E-state index in [0.29, 0.717) is 5.90 Å². The largest absolute Gasteiger partial charge is 0.480 e. The Kier molecular flexibility index (Phi) is 2.01. The Hall–Kier alpha value is -1.56. The molecule has 1 rings (SSSR count). The van der Waals surface area contributed by atoms with Crippen molar-refractivity contribution in [2.75, 3.05) is 7.11 Å². The molecule has 1 aliphatic rings. The van der Waals surface area contributed by atoms with E-state index in [4.69, 9.17) is 16.2 Å². The predicted octanol–water partition coefficient (Wildman–Crippen LogP) is -1.75. The van der Waals surface area contributed by atoms with Crippen LogP contribution in [0.2, 0.25) is 0 Å². The molecule has 0 saturated heterocycles. The van der Waals surface area contributed by atoms with E-state index in [1.54, 1.807) is 0 Å². The summed E-state index contributed by atoms with van der Waals surface area (Å²) in [6.45, 7) is 0. The van der Waals surface area contributed by atoms with Crippen LogP contribution in [-0.2, 0) is 9.53 Å². The third-order valence-corrected chi connectivity index (χ3v) is 1.46. The minimum absolute atomic E-state index is 0.345. The number of carbonyl (C=O) groups excluding carboxylic acids is 1. The molecule has 1 aliphatic heterocycles. The Morgan fingerprint density at radius 1 is 1.83 bits per heavy atom. The maximum absolute atomic E-state index is 10.7. The second-order valence-electron chi connectivity index (χ2n) is 2.33. The molecular formula is C6H10N4O2. The summed E-state index contributed by atoms with van der Waals surface area (Å²) in [7, 11) is 1.46. The van der Waals surface area contributed by atoms with E-state index in [0.717, 1.165) is 0 Å². The molecule has 1 amide bonds. The van der Waals surface area contributed by atoms with Gasteiger partial charge in [-0.2, -0.15) is 0 Å². The van der Waals surface area contributed by atoms with E-state index in [2.05, 4.69) is 10.5 Å². The van der Waals surface area contributed by atoms with Crippen LogP contribution < -0.4 is 16.9 Å². The molecule has 0 saturated carbocycles. The van der Waals surface area contributed by atoms with Crippen molar-refractivity contribution < 1.29 is 9.53 Å². The van der Waals surface area contributed by atoms with Crippen molar-refractivity contribution in [3.8, 4) is 0 Å². The summed E-state index contributed by atoms with van der Waals surface area (Å²) in [6, 6.07) is 0. The van der Waals surface area contributed by atoms with Crippen molar-refractivity contribution in [1.82, 2.24) is 5.43 Å². The van der Waals surface area contributed by atoms with Crippen LogP contribution in [0.1, 0.15) is 0 Å². The van der Waals surface area contributed by atoms with Crippen molar-refractivity contribution in [3.05, 3.63) is 12.2 Å². The van der Waals surface area contributed by atoms with E-state index in [1.165, 1.54) is 19.3 Å². The average molecular weight is 170 g/mol. The van der Waals surface area contributed by atoms with Gasteiger partial charge >= 0.3 is 0 Å². The van der Waals surface area contributed by atoms with Gasteiger partial charge in [-0.05, 0) is 6.08 Å². The molecule has 0 aromatic heterocycles. The molecule has 0 bridgehead atoms. The average Bonchev–Trinajstić information content (AvgIpc) is 2.06. The fourth-order valence-corrected chi connectivity index (χ4v) is 0.676. The Labute approximate surface area is 69.2 Å². The number of hydrogen-bond acceptors (Lipinski definition) is 5. The van der Waals surface area contributed by atoms with Crippen LogP contribution in [0.15, 0.2) is 17.3 Å². The van der Waals surface area contributed by atoms with Crippen LogP contribution >= 0.6 is 0 Å². The van der Waals surface area contributed by atoms with Gasteiger partial charge in [-0.25, -0.2) is 0 Å². The smallest absolute Gasteiger partial charge is 0.263 e. The van der Waals surface area contributed by atoms with Crippen molar-refractivity contribution in [2.24, 2.45) is 16.6 Å².